The molecule has 38 heavy (non-hydrogen) atoms. The van der Waals surface area contributed by atoms with Crippen molar-refractivity contribution in [1.82, 2.24) is 20.8 Å². The average Bonchev–Trinajstić information content (AvgIpc) is 3.17. The minimum absolute atomic E-state index is 0.0192. The van der Waals surface area contributed by atoms with E-state index >= 15 is 0 Å². The van der Waals surface area contributed by atoms with Gasteiger partial charge in [-0.3, -0.25) is 5.10 Å². The molecule has 6 N–H and O–H groups in total. The number of ether oxygens (including phenoxy) is 1. The number of aromatic nitrogens is 2. The molecule has 1 aromatic heterocycles. The summed E-state index contributed by atoms with van der Waals surface area (Å²) >= 11 is 0. The number of H-pyrrole nitrogens is 1. The van der Waals surface area contributed by atoms with Crippen molar-refractivity contribution in [2.45, 2.75) is 78.0 Å². The number of carbonyl (C=O) groups is 1. The third-order valence-electron chi connectivity index (χ3n) is 7.15. The van der Waals surface area contributed by atoms with Crippen molar-refractivity contribution in [1.29, 1.82) is 5.26 Å². The number of fused-ring (bicyclic) bond motifs is 1. The molecule has 2 aromatic rings. The molecular weight excluding hydrogens is 480 g/mol. The largest absolute Gasteiger partial charge is 0.420 e. The van der Waals surface area contributed by atoms with Gasteiger partial charge in [0.1, 0.15) is 11.6 Å². The minimum Gasteiger partial charge on any atom is -0.420 e. The lowest BCUT2D eigenvalue weighted by Crippen LogP contribution is -2.52. The molecule has 4 rings (SSSR count). The molecule has 2 heterocycles. The van der Waals surface area contributed by atoms with Crippen molar-refractivity contribution in [3.05, 3.63) is 57.6 Å². The summed E-state index contributed by atoms with van der Waals surface area (Å²) in [5, 5.41) is 33.5. The number of urea groups is 1. The third kappa shape index (κ3) is 4.94. The Kier molecular flexibility index (Phi) is 7.18. The van der Waals surface area contributed by atoms with Crippen LogP contribution in [-0.2, 0) is 12.0 Å². The lowest BCUT2D eigenvalue weighted by molar-refractivity contribution is 0.212. The SMILES string of the molecule is Cc1[nH]nc2c1C(c1cc(C#CC3CC(NC(=O)NC(C)(C)C)C3)cc(CO)c1)(C(C)C)C(C#N)=C(N)O2. The molecule has 0 radical (unpaired) electrons. The van der Waals surface area contributed by atoms with Crippen molar-refractivity contribution in [2.24, 2.45) is 17.6 Å². The van der Waals surface area contributed by atoms with Crippen LogP contribution in [0.3, 0.4) is 0 Å². The fourth-order valence-corrected chi connectivity index (χ4v) is 5.45. The Morgan fingerprint density at radius 2 is 2.05 bits per heavy atom. The van der Waals surface area contributed by atoms with Crippen LogP contribution in [0.25, 0.3) is 0 Å². The van der Waals surface area contributed by atoms with Crippen LogP contribution in [-0.4, -0.2) is 32.9 Å². The van der Waals surface area contributed by atoms with E-state index in [9.17, 15) is 15.2 Å². The molecule has 1 saturated carbocycles. The Bertz CT molecular complexity index is 1380. The van der Waals surface area contributed by atoms with E-state index in [1.54, 1.807) is 0 Å². The van der Waals surface area contributed by atoms with Crippen molar-refractivity contribution in [2.75, 3.05) is 0 Å². The molecule has 9 nitrogen and oxygen atoms in total. The zero-order chi connectivity index (χ0) is 27.8. The molecule has 1 aliphatic heterocycles. The third-order valence-corrected chi connectivity index (χ3v) is 7.15. The number of aliphatic hydroxyl groups excluding tert-OH is 1. The Labute approximate surface area is 223 Å². The van der Waals surface area contributed by atoms with Gasteiger partial charge >= 0.3 is 6.03 Å². The summed E-state index contributed by atoms with van der Waals surface area (Å²) in [7, 11) is 0. The van der Waals surface area contributed by atoms with E-state index in [0.717, 1.165) is 35.2 Å². The predicted octanol–water partition coefficient (Wildman–Crippen LogP) is 3.47. The first-order valence-electron chi connectivity index (χ1n) is 12.9. The molecule has 1 atom stereocenters. The number of aliphatic hydroxyl groups is 1. The molecule has 1 aliphatic carbocycles. The number of aryl methyl sites for hydroxylation is 1. The molecule has 200 valence electrons. The van der Waals surface area contributed by atoms with Crippen LogP contribution in [0, 0.1) is 41.9 Å². The molecule has 0 spiro atoms. The summed E-state index contributed by atoms with van der Waals surface area (Å²) < 4.78 is 5.72. The average molecular weight is 517 g/mol. The zero-order valence-electron chi connectivity index (χ0n) is 22.8. The minimum atomic E-state index is -0.934. The number of amides is 2. The molecule has 0 saturated heterocycles. The number of nitriles is 1. The van der Waals surface area contributed by atoms with Crippen molar-refractivity contribution >= 4 is 6.03 Å². The number of hydrogen-bond acceptors (Lipinski definition) is 6. The van der Waals surface area contributed by atoms with E-state index in [2.05, 4.69) is 38.7 Å². The summed E-state index contributed by atoms with van der Waals surface area (Å²) in [5.41, 5.74) is 9.08. The second-order valence-electron chi connectivity index (χ2n) is 11.5. The van der Waals surface area contributed by atoms with E-state index in [0.29, 0.717) is 17.0 Å². The maximum absolute atomic E-state index is 12.1. The number of carbonyl (C=O) groups excluding carboxylic acids is 1. The molecule has 9 heteroatoms. The van der Waals surface area contributed by atoms with E-state index in [1.165, 1.54) is 0 Å². The topological polar surface area (TPSA) is 149 Å². The summed E-state index contributed by atoms with van der Waals surface area (Å²) in [6, 6.07) is 7.94. The highest BCUT2D eigenvalue weighted by Crippen LogP contribution is 2.52. The van der Waals surface area contributed by atoms with E-state index in [1.807, 2.05) is 59.7 Å². The van der Waals surface area contributed by atoms with Gasteiger partial charge in [-0.25, -0.2) is 4.79 Å². The number of rotatable bonds is 4. The normalized spacial score (nSPS) is 22.4. The van der Waals surface area contributed by atoms with Gasteiger partial charge in [0.15, 0.2) is 0 Å². The van der Waals surface area contributed by atoms with Gasteiger partial charge in [-0.15, -0.1) is 5.10 Å². The van der Waals surface area contributed by atoms with Crippen LogP contribution in [0.2, 0.25) is 0 Å². The maximum Gasteiger partial charge on any atom is 0.315 e. The predicted molar refractivity (Wildman–Crippen MR) is 144 cm³/mol. The standard InChI is InChI=1S/C29H36N6O3/c1-16(2)29(23(14-30)25(31)38-26-24(29)17(3)34-35-26)21-10-18(9-20(11-21)15-36)7-8-19-12-22(13-19)32-27(37)33-28(4,5)6/h9-11,16,19,22,36H,12-13,15,31H2,1-6H3,(H,34,35)(H2,32,33,37). The first-order valence-corrected chi connectivity index (χ1v) is 12.9. The van der Waals surface area contributed by atoms with Gasteiger partial charge in [-0.1, -0.05) is 31.8 Å². The number of hydrogen-bond donors (Lipinski definition) is 5. The second-order valence-corrected chi connectivity index (χ2v) is 11.5. The Morgan fingerprint density at radius 1 is 1.34 bits per heavy atom. The summed E-state index contributed by atoms with van der Waals surface area (Å²) in [4.78, 5) is 12.1. The lowest BCUT2D eigenvalue weighted by atomic mass is 9.61. The first kappa shape index (κ1) is 27.1. The van der Waals surface area contributed by atoms with E-state index < -0.39 is 5.41 Å². The van der Waals surface area contributed by atoms with Gasteiger partial charge in [0.05, 0.1) is 17.6 Å². The molecule has 1 aromatic carbocycles. The monoisotopic (exact) mass is 516 g/mol. The van der Waals surface area contributed by atoms with E-state index in [4.69, 9.17) is 10.5 Å². The second kappa shape index (κ2) is 10.1. The van der Waals surface area contributed by atoms with E-state index in [-0.39, 0.29) is 41.9 Å². The quantitative estimate of drug-likeness (QED) is 0.393. The van der Waals surface area contributed by atoms with Crippen LogP contribution in [0.4, 0.5) is 4.79 Å². The number of nitrogens with zero attached hydrogens (tertiary/aromatic N) is 2. The molecule has 0 bridgehead atoms. The first-order chi connectivity index (χ1) is 17.9. The number of aromatic amines is 1. The molecular formula is C29H36N6O3. The lowest BCUT2D eigenvalue weighted by Gasteiger charge is -2.41. The highest BCUT2D eigenvalue weighted by atomic mass is 16.5. The summed E-state index contributed by atoms with van der Waals surface area (Å²) in [5.74, 6) is 7.02. The fourth-order valence-electron chi connectivity index (χ4n) is 5.45. The Balaban J connectivity index is 1.67. The van der Waals surface area contributed by atoms with Crippen molar-refractivity contribution in [3.63, 3.8) is 0 Å². The zero-order valence-corrected chi connectivity index (χ0v) is 22.8. The van der Waals surface area contributed by atoms with Crippen LogP contribution in [0.5, 0.6) is 5.88 Å². The van der Waals surface area contributed by atoms with Crippen molar-refractivity contribution < 1.29 is 14.6 Å². The Morgan fingerprint density at radius 3 is 2.66 bits per heavy atom. The van der Waals surface area contributed by atoms with Gasteiger partial charge in [-0.05, 0) is 69.7 Å². The fraction of sp³-hybridized carbons (Fsp3) is 0.483. The molecule has 2 amide bonds. The van der Waals surface area contributed by atoms with Gasteiger partial charge in [0, 0.05) is 28.8 Å². The molecule has 1 fully saturated rings. The van der Waals surface area contributed by atoms with Crippen LogP contribution >= 0.6 is 0 Å². The smallest absolute Gasteiger partial charge is 0.315 e. The van der Waals surface area contributed by atoms with Gasteiger partial charge in [0.2, 0.25) is 11.8 Å². The molecule has 1 unspecified atom stereocenters. The number of benzene rings is 1. The van der Waals surface area contributed by atoms with Gasteiger partial charge < -0.3 is 26.2 Å². The van der Waals surface area contributed by atoms with Gasteiger partial charge in [0.25, 0.3) is 0 Å². The van der Waals surface area contributed by atoms with Crippen LogP contribution in [0.1, 0.15) is 75.4 Å². The van der Waals surface area contributed by atoms with Crippen LogP contribution < -0.4 is 21.1 Å². The van der Waals surface area contributed by atoms with Crippen LogP contribution in [0.15, 0.2) is 29.7 Å². The number of nitrogens with one attached hydrogen (secondary N) is 3. The number of allylic oxidation sites excluding steroid dienone is 1. The number of nitrogens with two attached hydrogens (primary N) is 1. The highest BCUT2D eigenvalue weighted by molar-refractivity contribution is 5.75. The summed E-state index contributed by atoms with van der Waals surface area (Å²) in [6.45, 7) is 11.6. The summed E-state index contributed by atoms with van der Waals surface area (Å²) in [6.07, 6.45) is 1.56. The van der Waals surface area contributed by atoms with Gasteiger partial charge in [-0.2, -0.15) is 5.26 Å². The van der Waals surface area contributed by atoms with Crippen molar-refractivity contribution in [3.8, 4) is 23.8 Å². The maximum atomic E-state index is 12.1. The highest BCUT2D eigenvalue weighted by Gasteiger charge is 2.50. The Hall–Kier alpha value is -3.95. The molecule has 2 aliphatic rings.